The monoisotopic (exact) mass is 304 g/mol. The van der Waals surface area contributed by atoms with Crippen molar-refractivity contribution in [1.82, 2.24) is 10.0 Å². The Hall–Kier alpha value is -0.660. The minimum Gasteiger partial charge on any atom is -0.374 e. The number of benzene rings is 1. The molecule has 0 aliphatic carbocycles. The second-order valence-electron chi connectivity index (χ2n) is 4.43. The Labute approximate surface area is 118 Å². The number of rotatable bonds is 5. The SMILES string of the molecule is O=S(=O)(Cc1cccc(Cl)c1)NC[C@H]1CNCCO1. The Bertz CT molecular complexity index is 515. The molecule has 0 saturated carbocycles. The van der Waals surface area contributed by atoms with Gasteiger partial charge >= 0.3 is 0 Å². The standard InChI is InChI=1S/C12H17ClN2O3S/c13-11-3-1-2-10(6-11)9-19(16,17)15-8-12-7-14-4-5-18-12/h1-3,6,12,14-15H,4-5,7-9H2/t12-/m1/s1. The lowest BCUT2D eigenvalue weighted by atomic mass is 10.2. The Balaban J connectivity index is 1.87. The van der Waals surface area contributed by atoms with Crippen molar-refractivity contribution in [2.45, 2.75) is 11.9 Å². The molecule has 1 aromatic rings. The smallest absolute Gasteiger partial charge is 0.215 e. The van der Waals surface area contributed by atoms with E-state index < -0.39 is 10.0 Å². The average Bonchev–Trinajstić information content (AvgIpc) is 2.37. The maximum atomic E-state index is 11.9. The minimum absolute atomic E-state index is 0.0757. The van der Waals surface area contributed by atoms with Gasteiger partial charge in [0.05, 0.1) is 18.5 Å². The van der Waals surface area contributed by atoms with E-state index in [-0.39, 0.29) is 18.4 Å². The van der Waals surface area contributed by atoms with Crippen LogP contribution in [0.15, 0.2) is 24.3 Å². The molecule has 0 unspecified atom stereocenters. The molecule has 2 rings (SSSR count). The van der Waals surface area contributed by atoms with Gasteiger partial charge in [0, 0.05) is 24.7 Å². The summed E-state index contributed by atoms with van der Waals surface area (Å²) in [4.78, 5) is 0. The van der Waals surface area contributed by atoms with Gasteiger partial charge in [0.15, 0.2) is 0 Å². The molecule has 0 aromatic heterocycles. The summed E-state index contributed by atoms with van der Waals surface area (Å²) in [6.07, 6.45) is -0.108. The van der Waals surface area contributed by atoms with E-state index in [1.807, 2.05) is 0 Å². The van der Waals surface area contributed by atoms with Crippen LogP contribution in [0.4, 0.5) is 0 Å². The molecule has 106 valence electrons. The van der Waals surface area contributed by atoms with E-state index in [0.717, 1.165) is 6.54 Å². The van der Waals surface area contributed by atoms with E-state index in [4.69, 9.17) is 16.3 Å². The maximum absolute atomic E-state index is 11.9. The van der Waals surface area contributed by atoms with Crippen LogP contribution in [0.3, 0.4) is 0 Å². The molecule has 19 heavy (non-hydrogen) atoms. The largest absolute Gasteiger partial charge is 0.374 e. The molecular formula is C12H17ClN2O3S. The second kappa shape index (κ2) is 6.67. The first-order valence-corrected chi connectivity index (χ1v) is 8.12. The van der Waals surface area contributed by atoms with Crippen LogP contribution < -0.4 is 10.0 Å². The summed E-state index contributed by atoms with van der Waals surface area (Å²) in [5, 5.41) is 3.69. The van der Waals surface area contributed by atoms with Gasteiger partial charge < -0.3 is 10.1 Å². The summed E-state index contributed by atoms with van der Waals surface area (Å²) in [5.74, 6) is -0.0757. The number of sulfonamides is 1. The van der Waals surface area contributed by atoms with Gasteiger partial charge in [-0.1, -0.05) is 23.7 Å². The predicted octanol–water partition coefficient (Wildman–Crippen LogP) is 0.748. The molecule has 1 atom stereocenters. The minimum atomic E-state index is -3.37. The Kier molecular flexibility index (Phi) is 5.18. The summed E-state index contributed by atoms with van der Waals surface area (Å²) in [6, 6.07) is 6.84. The van der Waals surface area contributed by atoms with Crippen LogP contribution >= 0.6 is 11.6 Å². The van der Waals surface area contributed by atoms with E-state index in [1.165, 1.54) is 0 Å². The summed E-state index contributed by atoms with van der Waals surface area (Å²) in [7, 11) is -3.37. The molecule has 1 aromatic carbocycles. The van der Waals surface area contributed by atoms with Crippen LogP contribution in [0.25, 0.3) is 0 Å². The van der Waals surface area contributed by atoms with Gasteiger partial charge in [0.2, 0.25) is 10.0 Å². The lowest BCUT2D eigenvalue weighted by Gasteiger charge is -2.23. The van der Waals surface area contributed by atoms with Gasteiger partial charge in [-0.15, -0.1) is 0 Å². The van der Waals surface area contributed by atoms with E-state index in [1.54, 1.807) is 24.3 Å². The van der Waals surface area contributed by atoms with E-state index in [0.29, 0.717) is 23.7 Å². The fourth-order valence-corrected chi connectivity index (χ4v) is 3.24. The highest BCUT2D eigenvalue weighted by atomic mass is 35.5. The predicted molar refractivity (Wildman–Crippen MR) is 74.7 cm³/mol. The summed E-state index contributed by atoms with van der Waals surface area (Å²) in [6.45, 7) is 2.38. The first-order valence-electron chi connectivity index (χ1n) is 6.09. The molecular weight excluding hydrogens is 288 g/mol. The van der Waals surface area contributed by atoms with Crippen LogP contribution in [0.5, 0.6) is 0 Å². The molecule has 0 spiro atoms. The molecule has 5 nitrogen and oxygen atoms in total. The van der Waals surface area contributed by atoms with Crippen LogP contribution in [0.2, 0.25) is 5.02 Å². The normalized spacial score (nSPS) is 20.4. The zero-order valence-electron chi connectivity index (χ0n) is 10.4. The summed E-state index contributed by atoms with van der Waals surface area (Å²) >= 11 is 5.83. The van der Waals surface area contributed by atoms with Crippen molar-refractivity contribution in [2.24, 2.45) is 0 Å². The third kappa shape index (κ3) is 5.08. The number of hydrogen-bond acceptors (Lipinski definition) is 4. The number of ether oxygens (including phenoxy) is 1. The van der Waals surface area contributed by atoms with Crippen LogP contribution in [-0.4, -0.2) is 40.8 Å². The van der Waals surface area contributed by atoms with Crippen molar-refractivity contribution in [2.75, 3.05) is 26.2 Å². The van der Waals surface area contributed by atoms with Crippen molar-refractivity contribution in [3.63, 3.8) is 0 Å². The van der Waals surface area contributed by atoms with Crippen LogP contribution in [-0.2, 0) is 20.5 Å². The van der Waals surface area contributed by atoms with E-state index >= 15 is 0 Å². The molecule has 1 fully saturated rings. The molecule has 1 aliphatic rings. The third-order valence-corrected chi connectivity index (χ3v) is 4.34. The van der Waals surface area contributed by atoms with Crippen molar-refractivity contribution in [3.05, 3.63) is 34.9 Å². The highest BCUT2D eigenvalue weighted by Gasteiger charge is 2.17. The number of nitrogens with one attached hydrogen (secondary N) is 2. The highest BCUT2D eigenvalue weighted by Crippen LogP contribution is 2.12. The fourth-order valence-electron chi connectivity index (χ4n) is 1.87. The van der Waals surface area contributed by atoms with Crippen molar-refractivity contribution >= 4 is 21.6 Å². The topological polar surface area (TPSA) is 67.4 Å². The zero-order chi connectivity index (χ0) is 13.7. The Morgan fingerprint density at radius 2 is 2.32 bits per heavy atom. The second-order valence-corrected chi connectivity index (χ2v) is 6.68. The van der Waals surface area contributed by atoms with Crippen molar-refractivity contribution in [3.8, 4) is 0 Å². The third-order valence-electron chi connectivity index (χ3n) is 2.78. The van der Waals surface area contributed by atoms with E-state index in [2.05, 4.69) is 10.0 Å². The number of morpholine rings is 1. The Morgan fingerprint density at radius 1 is 1.47 bits per heavy atom. The molecule has 7 heteroatoms. The molecule has 0 amide bonds. The Morgan fingerprint density at radius 3 is 3.00 bits per heavy atom. The maximum Gasteiger partial charge on any atom is 0.215 e. The summed E-state index contributed by atoms with van der Waals surface area (Å²) < 4.78 is 31.8. The molecule has 2 N–H and O–H groups in total. The molecule has 1 aliphatic heterocycles. The number of hydrogen-bond donors (Lipinski definition) is 2. The molecule has 1 heterocycles. The van der Waals surface area contributed by atoms with Crippen molar-refractivity contribution < 1.29 is 13.2 Å². The first-order chi connectivity index (χ1) is 9.05. The van der Waals surface area contributed by atoms with Gasteiger partial charge in [-0.2, -0.15) is 0 Å². The fraction of sp³-hybridized carbons (Fsp3) is 0.500. The average molecular weight is 305 g/mol. The van der Waals surface area contributed by atoms with Gasteiger partial charge in [-0.05, 0) is 17.7 Å². The zero-order valence-corrected chi connectivity index (χ0v) is 12.0. The lowest BCUT2D eigenvalue weighted by molar-refractivity contribution is 0.0324. The van der Waals surface area contributed by atoms with Gasteiger partial charge in [-0.3, -0.25) is 0 Å². The van der Waals surface area contributed by atoms with Crippen LogP contribution in [0, 0.1) is 0 Å². The van der Waals surface area contributed by atoms with Gasteiger partial charge in [0.1, 0.15) is 0 Å². The van der Waals surface area contributed by atoms with Gasteiger partial charge in [-0.25, -0.2) is 13.1 Å². The number of halogens is 1. The molecule has 0 bridgehead atoms. The molecule has 0 radical (unpaired) electrons. The lowest BCUT2D eigenvalue weighted by Crippen LogP contribution is -2.45. The van der Waals surface area contributed by atoms with Crippen LogP contribution in [0.1, 0.15) is 5.56 Å². The summed E-state index contributed by atoms with van der Waals surface area (Å²) in [5.41, 5.74) is 0.669. The van der Waals surface area contributed by atoms with Crippen molar-refractivity contribution in [1.29, 1.82) is 0 Å². The van der Waals surface area contributed by atoms with E-state index in [9.17, 15) is 8.42 Å². The highest BCUT2D eigenvalue weighted by molar-refractivity contribution is 7.88. The first kappa shape index (κ1) is 14.7. The quantitative estimate of drug-likeness (QED) is 0.842. The molecule has 1 saturated heterocycles. The van der Waals surface area contributed by atoms with Gasteiger partial charge in [0.25, 0.3) is 0 Å².